The summed E-state index contributed by atoms with van der Waals surface area (Å²) in [6.45, 7) is 8.96. The number of hydrogen-bond donors (Lipinski definition) is 0. The Hall–Kier alpha value is -2.94. The van der Waals surface area contributed by atoms with Crippen molar-refractivity contribution in [1.82, 2.24) is 4.98 Å². The molecule has 4 aromatic rings. The molecule has 0 atom stereocenters. The highest BCUT2D eigenvalue weighted by Gasteiger charge is 2.32. The Morgan fingerprint density at radius 3 is 2.57 bits per heavy atom. The molecule has 5 rings (SSSR count). The van der Waals surface area contributed by atoms with Crippen LogP contribution < -0.4 is 9.30 Å². The minimum Gasteiger partial charge on any atom is -0.433 e. The number of nitrogens with zero attached hydrogens (tertiary/aromatic N) is 2. The second-order valence-electron chi connectivity index (χ2n) is 9.06. The molecule has 0 saturated heterocycles. The zero-order valence-corrected chi connectivity index (χ0v) is 17.1. The molecule has 1 aliphatic rings. The van der Waals surface area contributed by atoms with E-state index in [9.17, 15) is 0 Å². The number of fused-ring (bicyclic) bond motifs is 3. The van der Waals surface area contributed by atoms with Gasteiger partial charge in [0.2, 0.25) is 5.52 Å². The van der Waals surface area contributed by atoms with Crippen LogP contribution in [0.25, 0.3) is 33.1 Å². The SMILES string of the molecule is Cc1ccc2cccc3c2c1-c1c(nc2c(CC(C)(C)C)cccc2[n+]1C)O3. The summed E-state index contributed by atoms with van der Waals surface area (Å²) in [6, 6.07) is 17.1. The average Bonchev–Trinajstić information content (AvgIpc) is 2.63. The van der Waals surface area contributed by atoms with E-state index in [1.807, 2.05) is 12.1 Å². The highest BCUT2D eigenvalue weighted by Crippen LogP contribution is 2.46. The minimum absolute atomic E-state index is 0.195. The van der Waals surface area contributed by atoms with Crippen molar-refractivity contribution in [2.45, 2.75) is 34.1 Å². The van der Waals surface area contributed by atoms with E-state index < -0.39 is 0 Å². The molecule has 0 aliphatic carbocycles. The number of benzene rings is 3. The first kappa shape index (κ1) is 17.2. The third kappa shape index (κ3) is 2.50. The number of hydrogen-bond acceptors (Lipinski definition) is 2. The Kier molecular flexibility index (Phi) is 3.54. The van der Waals surface area contributed by atoms with E-state index in [-0.39, 0.29) is 5.41 Å². The number of ether oxygens (including phenoxy) is 1. The fraction of sp³-hybridized carbons (Fsp3) is 0.280. The lowest BCUT2D eigenvalue weighted by Crippen LogP contribution is -2.34. The van der Waals surface area contributed by atoms with Crippen LogP contribution in [0, 0.1) is 12.3 Å². The smallest absolute Gasteiger partial charge is 0.294 e. The fourth-order valence-electron chi connectivity index (χ4n) is 4.40. The number of aromatic nitrogens is 2. The number of rotatable bonds is 1. The van der Waals surface area contributed by atoms with E-state index in [0.717, 1.165) is 28.9 Å². The third-order valence-corrected chi connectivity index (χ3v) is 5.59. The maximum atomic E-state index is 6.35. The van der Waals surface area contributed by atoms with Crippen molar-refractivity contribution < 1.29 is 9.30 Å². The monoisotopic (exact) mass is 369 g/mol. The van der Waals surface area contributed by atoms with Gasteiger partial charge in [-0.15, -0.1) is 0 Å². The Labute approximate surface area is 165 Å². The molecule has 3 nitrogen and oxygen atoms in total. The lowest BCUT2D eigenvalue weighted by molar-refractivity contribution is -0.634. The molecule has 2 heterocycles. The zero-order chi connectivity index (χ0) is 19.6. The molecular formula is C25H25N2O+. The third-order valence-electron chi connectivity index (χ3n) is 5.59. The molecule has 0 bridgehead atoms. The quantitative estimate of drug-likeness (QED) is 0.345. The van der Waals surface area contributed by atoms with Gasteiger partial charge in [0.25, 0.3) is 11.6 Å². The summed E-state index contributed by atoms with van der Waals surface area (Å²) in [5.41, 5.74) is 7.16. The number of para-hydroxylation sites is 1. The van der Waals surface area contributed by atoms with E-state index in [0.29, 0.717) is 5.88 Å². The van der Waals surface area contributed by atoms with Crippen LogP contribution in [0.4, 0.5) is 0 Å². The van der Waals surface area contributed by atoms with Gasteiger partial charge in [-0.2, -0.15) is 4.57 Å². The molecule has 3 aromatic carbocycles. The van der Waals surface area contributed by atoms with Gasteiger partial charge in [-0.05, 0) is 41.3 Å². The topological polar surface area (TPSA) is 26.0 Å². The van der Waals surface area contributed by atoms with E-state index in [4.69, 9.17) is 9.72 Å². The van der Waals surface area contributed by atoms with Crippen LogP contribution in [0.15, 0.2) is 48.5 Å². The molecule has 0 unspecified atom stereocenters. The highest BCUT2D eigenvalue weighted by molar-refractivity contribution is 6.04. The van der Waals surface area contributed by atoms with Gasteiger partial charge < -0.3 is 4.74 Å². The van der Waals surface area contributed by atoms with Gasteiger partial charge in [-0.25, -0.2) is 4.98 Å². The van der Waals surface area contributed by atoms with Crippen molar-refractivity contribution in [3.8, 4) is 22.9 Å². The van der Waals surface area contributed by atoms with Crippen LogP contribution in [0.2, 0.25) is 0 Å². The van der Waals surface area contributed by atoms with Gasteiger partial charge in [0.15, 0.2) is 0 Å². The second kappa shape index (κ2) is 5.78. The molecule has 1 aliphatic heterocycles. The molecule has 28 heavy (non-hydrogen) atoms. The van der Waals surface area contributed by atoms with Crippen LogP contribution in [0.5, 0.6) is 11.6 Å². The van der Waals surface area contributed by atoms with Crippen molar-refractivity contribution in [1.29, 1.82) is 0 Å². The van der Waals surface area contributed by atoms with Crippen molar-refractivity contribution in [3.63, 3.8) is 0 Å². The van der Waals surface area contributed by atoms with Gasteiger partial charge in [0.05, 0.1) is 5.56 Å². The molecule has 0 saturated carbocycles. The summed E-state index contributed by atoms with van der Waals surface area (Å²) >= 11 is 0. The largest absolute Gasteiger partial charge is 0.433 e. The molecule has 3 heteroatoms. The first-order chi connectivity index (χ1) is 13.3. The molecule has 0 spiro atoms. The van der Waals surface area contributed by atoms with E-state index in [2.05, 4.69) is 75.7 Å². The number of aryl methyl sites for hydroxylation is 2. The van der Waals surface area contributed by atoms with Crippen molar-refractivity contribution in [2.75, 3.05) is 0 Å². The molecule has 0 radical (unpaired) electrons. The molecule has 1 aromatic heterocycles. The van der Waals surface area contributed by atoms with Gasteiger partial charge in [-0.3, -0.25) is 0 Å². The maximum Gasteiger partial charge on any atom is 0.294 e. The predicted octanol–water partition coefficient (Wildman–Crippen LogP) is 5.88. The van der Waals surface area contributed by atoms with Crippen molar-refractivity contribution >= 4 is 21.8 Å². The van der Waals surface area contributed by atoms with Crippen molar-refractivity contribution in [2.24, 2.45) is 12.5 Å². The molecular weight excluding hydrogens is 344 g/mol. The van der Waals surface area contributed by atoms with Crippen LogP contribution in [-0.4, -0.2) is 4.98 Å². The van der Waals surface area contributed by atoms with Crippen LogP contribution in [0.3, 0.4) is 0 Å². The first-order valence-electron chi connectivity index (χ1n) is 9.86. The highest BCUT2D eigenvalue weighted by atomic mass is 16.5. The lowest BCUT2D eigenvalue weighted by Gasteiger charge is -2.22. The van der Waals surface area contributed by atoms with Crippen molar-refractivity contribution in [3.05, 3.63) is 59.7 Å². The molecule has 0 N–H and O–H groups in total. The summed E-state index contributed by atoms with van der Waals surface area (Å²) in [4.78, 5) is 5.04. The lowest BCUT2D eigenvalue weighted by atomic mass is 9.87. The van der Waals surface area contributed by atoms with Gasteiger partial charge >= 0.3 is 0 Å². The van der Waals surface area contributed by atoms with Gasteiger partial charge in [-0.1, -0.05) is 57.2 Å². The van der Waals surface area contributed by atoms with Crippen LogP contribution >= 0.6 is 0 Å². The fourth-order valence-corrected chi connectivity index (χ4v) is 4.40. The minimum atomic E-state index is 0.195. The summed E-state index contributed by atoms with van der Waals surface area (Å²) < 4.78 is 8.60. The average molecular weight is 369 g/mol. The van der Waals surface area contributed by atoms with Crippen LogP contribution in [-0.2, 0) is 13.5 Å². The second-order valence-corrected chi connectivity index (χ2v) is 9.06. The maximum absolute atomic E-state index is 6.35. The standard InChI is InChI=1S/C25H25N2O/c1-15-12-13-16-8-7-11-19-21(16)20(15)23-24(28-19)26-22-17(14-25(2,3)4)9-6-10-18(22)27(23)5/h6-13H,14H2,1-5H3/q+1. The van der Waals surface area contributed by atoms with E-state index in [1.54, 1.807) is 0 Å². The first-order valence-corrected chi connectivity index (χ1v) is 9.86. The summed E-state index contributed by atoms with van der Waals surface area (Å²) in [5.74, 6) is 1.59. The van der Waals surface area contributed by atoms with Crippen LogP contribution in [0.1, 0.15) is 31.9 Å². The molecule has 0 amide bonds. The Bertz CT molecular complexity index is 1270. The summed E-state index contributed by atoms with van der Waals surface area (Å²) in [6.07, 6.45) is 0.974. The van der Waals surface area contributed by atoms with Gasteiger partial charge in [0, 0.05) is 11.5 Å². The molecule has 0 fully saturated rings. The normalized spacial score (nSPS) is 12.9. The predicted molar refractivity (Wildman–Crippen MR) is 114 cm³/mol. The van der Waals surface area contributed by atoms with E-state index >= 15 is 0 Å². The van der Waals surface area contributed by atoms with E-state index in [1.165, 1.54) is 27.5 Å². The summed E-state index contributed by atoms with van der Waals surface area (Å²) in [7, 11) is 2.12. The zero-order valence-electron chi connectivity index (χ0n) is 17.1. The Balaban J connectivity index is 1.87. The molecule has 140 valence electrons. The Morgan fingerprint density at radius 1 is 1.00 bits per heavy atom. The van der Waals surface area contributed by atoms with Gasteiger partial charge in [0.1, 0.15) is 18.3 Å². The Morgan fingerprint density at radius 2 is 1.79 bits per heavy atom. The summed E-state index contributed by atoms with van der Waals surface area (Å²) in [5, 5.41) is 2.38.